The first kappa shape index (κ1) is 15.2. The Bertz CT molecular complexity index is 1010. The molecule has 2 aromatic carbocycles. The van der Waals surface area contributed by atoms with Crippen LogP contribution in [0.25, 0.3) is 10.9 Å². The number of carbonyl (C=O) groups excluding carboxylic acids is 1. The zero-order chi connectivity index (χ0) is 18.0. The summed E-state index contributed by atoms with van der Waals surface area (Å²) in [6, 6.07) is 15.8. The number of carbonyl (C=O) groups is 1. The highest BCUT2D eigenvalue weighted by atomic mass is 16.5. The smallest absolute Gasteiger partial charge is 0.276 e. The highest BCUT2D eigenvalue weighted by Crippen LogP contribution is 2.48. The SMILES string of the molecule is O=C(c1n[nH]c2ccc(Oc3ccccc3)cc12)N1C2[C@H]1C1CCN2CC1. The summed E-state index contributed by atoms with van der Waals surface area (Å²) >= 11 is 0. The van der Waals surface area contributed by atoms with Crippen LogP contribution in [0.5, 0.6) is 11.5 Å². The molecule has 136 valence electrons. The molecule has 1 amide bonds. The number of nitrogens with one attached hydrogen (secondary N) is 1. The van der Waals surface area contributed by atoms with Gasteiger partial charge in [-0.2, -0.15) is 5.10 Å². The van der Waals surface area contributed by atoms with Crippen molar-refractivity contribution >= 4 is 16.8 Å². The largest absolute Gasteiger partial charge is 0.457 e. The van der Waals surface area contributed by atoms with Gasteiger partial charge in [0.2, 0.25) is 0 Å². The van der Waals surface area contributed by atoms with Gasteiger partial charge in [0.15, 0.2) is 5.69 Å². The third-order valence-electron chi connectivity index (χ3n) is 6.20. The molecule has 0 radical (unpaired) electrons. The molecule has 0 saturated carbocycles. The molecule has 4 saturated heterocycles. The number of aromatic amines is 1. The van der Waals surface area contributed by atoms with Crippen molar-refractivity contribution in [1.29, 1.82) is 0 Å². The number of piperidine rings is 3. The van der Waals surface area contributed by atoms with Crippen LogP contribution >= 0.6 is 0 Å². The molecule has 27 heavy (non-hydrogen) atoms. The first-order valence-corrected chi connectivity index (χ1v) is 9.57. The van der Waals surface area contributed by atoms with Crippen molar-refractivity contribution in [2.24, 2.45) is 5.92 Å². The molecule has 4 aliphatic heterocycles. The average Bonchev–Trinajstić information content (AvgIpc) is 3.37. The maximum Gasteiger partial charge on any atom is 0.276 e. The molecule has 6 heteroatoms. The van der Waals surface area contributed by atoms with E-state index < -0.39 is 0 Å². The lowest BCUT2D eigenvalue weighted by atomic mass is 9.88. The molecule has 1 unspecified atom stereocenters. The van der Waals surface area contributed by atoms with E-state index in [2.05, 4.69) is 15.1 Å². The van der Waals surface area contributed by atoms with Crippen LogP contribution in [-0.4, -0.2) is 51.2 Å². The Labute approximate surface area is 156 Å². The molecule has 3 aromatic rings. The Morgan fingerprint density at radius 3 is 2.63 bits per heavy atom. The van der Waals surface area contributed by atoms with Gasteiger partial charge in [0.05, 0.1) is 11.6 Å². The molecule has 4 fully saturated rings. The standard InChI is InChI=1S/C21H20N4O2/c26-21(25-19-13-8-10-24(11-9-13)20(19)25)18-16-12-15(6-7-17(16)22-23-18)27-14-4-2-1-3-5-14/h1-7,12-13,19-20H,8-11H2,(H,22,23)/t19-,20?,25?/m1/s1. The number of rotatable bonds is 3. The number of ether oxygens (including phenoxy) is 1. The van der Waals surface area contributed by atoms with Gasteiger partial charge in [0.1, 0.15) is 17.7 Å². The van der Waals surface area contributed by atoms with Crippen LogP contribution in [-0.2, 0) is 0 Å². The van der Waals surface area contributed by atoms with Crippen molar-refractivity contribution in [3.05, 3.63) is 54.2 Å². The lowest BCUT2D eigenvalue weighted by molar-refractivity contribution is 0.0829. The third-order valence-corrected chi connectivity index (χ3v) is 6.20. The Kier molecular flexibility index (Phi) is 3.14. The van der Waals surface area contributed by atoms with Crippen LogP contribution < -0.4 is 4.74 Å². The van der Waals surface area contributed by atoms with Crippen LogP contribution in [0.3, 0.4) is 0 Å². The predicted octanol–water partition coefficient (Wildman–Crippen LogP) is 3.23. The minimum Gasteiger partial charge on any atom is -0.457 e. The molecule has 6 nitrogen and oxygen atoms in total. The van der Waals surface area contributed by atoms with E-state index in [4.69, 9.17) is 4.74 Å². The van der Waals surface area contributed by atoms with E-state index in [1.807, 2.05) is 53.4 Å². The van der Waals surface area contributed by atoms with Gasteiger partial charge in [0, 0.05) is 18.5 Å². The summed E-state index contributed by atoms with van der Waals surface area (Å²) < 4.78 is 5.93. The Balaban J connectivity index is 1.32. The van der Waals surface area contributed by atoms with Gasteiger partial charge >= 0.3 is 0 Å². The summed E-state index contributed by atoms with van der Waals surface area (Å²) in [6.07, 6.45) is 2.71. The molecule has 1 N–H and O–H groups in total. The molecule has 2 bridgehead atoms. The lowest BCUT2D eigenvalue weighted by Gasteiger charge is -2.35. The fraction of sp³-hybridized carbons (Fsp3) is 0.333. The van der Waals surface area contributed by atoms with Gasteiger partial charge in [-0.05, 0) is 49.1 Å². The van der Waals surface area contributed by atoms with E-state index in [1.165, 1.54) is 12.8 Å². The minimum absolute atomic E-state index is 0.0342. The average molecular weight is 360 g/mol. The van der Waals surface area contributed by atoms with Gasteiger partial charge in [-0.25, -0.2) is 0 Å². The molecule has 7 rings (SSSR count). The number of hydrogen-bond donors (Lipinski definition) is 1. The zero-order valence-electron chi connectivity index (χ0n) is 14.8. The maximum atomic E-state index is 13.2. The Hall–Kier alpha value is -2.86. The molecule has 1 aromatic heterocycles. The van der Waals surface area contributed by atoms with Gasteiger partial charge in [0.25, 0.3) is 5.91 Å². The Morgan fingerprint density at radius 2 is 1.89 bits per heavy atom. The predicted molar refractivity (Wildman–Crippen MR) is 101 cm³/mol. The summed E-state index contributed by atoms with van der Waals surface area (Å²) in [5.41, 5.74) is 1.35. The summed E-state index contributed by atoms with van der Waals surface area (Å²) in [7, 11) is 0. The number of para-hydroxylation sites is 1. The third kappa shape index (κ3) is 2.29. The van der Waals surface area contributed by atoms with E-state index in [0.717, 1.165) is 29.7 Å². The van der Waals surface area contributed by atoms with Crippen molar-refractivity contribution in [3.8, 4) is 11.5 Å². The number of benzene rings is 2. The molecular weight excluding hydrogens is 340 g/mol. The van der Waals surface area contributed by atoms with Crippen molar-refractivity contribution in [2.75, 3.05) is 13.1 Å². The van der Waals surface area contributed by atoms with Crippen LogP contribution in [0.4, 0.5) is 0 Å². The second-order valence-electron chi connectivity index (χ2n) is 7.68. The number of aromatic nitrogens is 2. The number of H-pyrrole nitrogens is 1. The van der Waals surface area contributed by atoms with Gasteiger partial charge in [-0.15, -0.1) is 0 Å². The second-order valence-corrected chi connectivity index (χ2v) is 7.68. The van der Waals surface area contributed by atoms with Crippen molar-refractivity contribution in [2.45, 2.75) is 25.0 Å². The highest BCUT2D eigenvalue weighted by molar-refractivity contribution is 6.06. The summed E-state index contributed by atoms with van der Waals surface area (Å²) in [5, 5.41) is 8.16. The number of fused-ring (bicyclic) bond motifs is 3. The maximum absolute atomic E-state index is 13.2. The fourth-order valence-corrected chi connectivity index (χ4v) is 4.85. The molecule has 0 aliphatic carbocycles. The highest BCUT2D eigenvalue weighted by Gasteiger charge is 2.62. The van der Waals surface area contributed by atoms with E-state index in [1.54, 1.807) is 0 Å². The molecular formula is C21H20N4O2. The minimum atomic E-state index is 0.0342. The summed E-state index contributed by atoms with van der Waals surface area (Å²) in [5.74, 6) is 2.17. The van der Waals surface area contributed by atoms with Crippen LogP contribution in [0.15, 0.2) is 48.5 Å². The number of hydrogen-bond acceptors (Lipinski definition) is 4. The summed E-state index contributed by atoms with van der Waals surface area (Å²) in [4.78, 5) is 17.7. The van der Waals surface area contributed by atoms with Gasteiger partial charge in [-0.3, -0.25) is 14.8 Å². The van der Waals surface area contributed by atoms with Crippen LogP contribution in [0.2, 0.25) is 0 Å². The van der Waals surface area contributed by atoms with E-state index in [-0.39, 0.29) is 5.91 Å². The van der Waals surface area contributed by atoms with Gasteiger partial charge in [-0.1, -0.05) is 18.2 Å². The number of nitrogens with zero attached hydrogens (tertiary/aromatic N) is 3. The van der Waals surface area contributed by atoms with Crippen molar-refractivity contribution < 1.29 is 9.53 Å². The van der Waals surface area contributed by atoms with Crippen LogP contribution in [0, 0.1) is 5.92 Å². The molecule has 5 heterocycles. The molecule has 4 aliphatic rings. The summed E-state index contributed by atoms with van der Waals surface area (Å²) in [6.45, 7) is 2.23. The second kappa shape index (κ2) is 5.57. The normalized spacial score (nSPS) is 28.2. The first-order chi connectivity index (χ1) is 13.3. The quantitative estimate of drug-likeness (QED) is 0.729. The topological polar surface area (TPSA) is 61.2 Å². The van der Waals surface area contributed by atoms with E-state index >= 15 is 0 Å². The lowest BCUT2D eigenvalue weighted by Crippen LogP contribution is -2.44. The van der Waals surface area contributed by atoms with Crippen LogP contribution in [0.1, 0.15) is 23.3 Å². The monoisotopic (exact) mass is 360 g/mol. The molecule has 2 atom stereocenters. The molecule has 0 spiro atoms. The first-order valence-electron chi connectivity index (χ1n) is 9.57. The van der Waals surface area contributed by atoms with E-state index in [0.29, 0.717) is 29.6 Å². The number of amides is 1. The van der Waals surface area contributed by atoms with Gasteiger partial charge < -0.3 is 9.64 Å². The Morgan fingerprint density at radius 1 is 1.07 bits per heavy atom. The fourth-order valence-electron chi connectivity index (χ4n) is 4.85. The van der Waals surface area contributed by atoms with Crippen molar-refractivity contribution in [3.63, 3.8) is 0 Å². The van der Waals surface area contributed by atoms with Crippen molar-refractivity contribution in [1.82, 2.24) is 20.0 Å². The zero-order valence-corrected chi connectivity index (χ0v) is 14.8. The van der Waals surface area contributed by atoms with E-state index in [9.17, 15) is 4.79 Å².